The second-order valence-electron chi connectivity index (χ2n) is 5.37. The molecule has 16 heavy (non-hydrogen) atoms. The van der Waals surface area contributed by atoms with E-state index in [1.54, 1.807) is 0 Å². The molecule has 1 rings (SSSR count). The Morgan fingerprint density at radius 3 is 2.44 bits per heavy atom. The molecule has 1 aliphatic heterocycles. The summed E-state index contributed by atoms with van der Waals surface area (Å²) in [4.78, 5) is 0. The topological polar surface area (TPSA) is 9.23 Å². The molecule has 0 aromatic carbocycles. The fourth-order valence-corrected chi connectivity index (χ4v) is 3.13. The van der Waals surface area contributed by atoms with Crippen molar-refractivity contribution in [2.45, 2.75) is 58.8 Å². The van der Waals surface area contributed by atoms with Gasteiger partial charge in [-0.15, -0.1) is 11.6 Å². The van der Waals surface area contributed by atoms with Crippen LogP contribution in [0.25, 0.3) is 0 Å². The third kappa shape index (κ3) is 4.25. The van der Waals surface area contributed by atoms with Crippen molar-refractivity contribution in [2.24, 2.45) is 11.3 Å². The zero-order chi connectivity index (χ0) is 11.9. The maximum Gasteiger partial charge on any atom is 0.0471 e. The quantitative estimate of drug-likeness (QED) is 0.596. The van der Waals surface area contributed by atoms with Gasteiger partial charge in [-0.2, -0.15) is 0 Å². The van der Waals surface area contributed by atoms with Gasteiger partial charge in [0.25, 0.3) is 0 Å². The van der Waals surface area contributed by atoms with Crippen molar-refractivity contribution in [2.75, 3.05) is 19.1 Å². The molecule has 0 aromatic rings. The van der Waals surface area contributed by atoms with Crippen molar-refractivity contribution in [3.8, 4) is 0 Å². The first kappa shape index (κ1) is 14.3. The molecular formula is C14H27ClO. The smallest absolute Gasteiger partial charge is 0.0471 e. The number of alkyl halides is 1. The van der Waals surface area contributed by atoms with Crippen LogP contribution in [0.4, 0.5) is 0 Å². The van der Waals surface area contributed by atoms with Crippen LogP contribution >= 0.6 is 11.6 Å². The molecule has 0 radical (unpaired) electrons. The molecule has 0 amide bonds. The minimum atomic E-state index is 0.383. The number of ether oxygens (including phenoxy) is 1. The summed E-state index contributed by atoms with van der Waals surface area (Å²) in [7, 11) is 0. The zero-order valence-corrected chi connectivity index (χ0v) is 11.7. The number of unbranched alkanes of at least 4 members (excludes halogenated alkanes) is 1. The fourth-order valence-electron chi connectivity index (χ4n) is 2.75. The molecule has 0 bridgehead atoms. The fraction of sp³-hybridized carbons (Fsp3) is 1.00. The summed E-state index contributed by atoms with van der Waals surface area (Å²) < 4.78 is 5.46. The van der Waals surface area contributed by atoms with Gasteiger partial charge in [0.05, 0.1) is 0 Å². The first-order chi connectivity index (χ1) is 7.76. The second kappa shape index (κ2) is 7.55. The molecule has 0 spiro atoms. The first-order valence-corrected chi connectivity index (χ1v) is 7.43. The zero-order valence-electron chi connectivity index (χ0n) is 10.9. The van der Waals surface area contributed by atoms with E-state index in [9.17, 15) is 0 Å². The molecule has 1 fully saturated rings. The molecule has 1 unspecified atom stereocenters. The summed E-state index contributed by atoms with van der Waals surface area (Å²) >= 11 is 6.22. The van der Waals surface area contributed by atoms with Gasteiger partial charge in [0, 0.05) is 19.1 Å². The molecule has 1 nitrogen and oxygen atoms in total. The summed E-state index contributed by atoms with van der Waals surface area (Å²) in [6, 6.07) is 0. The Bertz CT molecular complexity index is 176. The van der Waals surface area contributed by atoms with E-state index in [-0.39, 0.29) is 0 Å². The molecule has 0 aliphatic carbocycles. The lowest BCUT2D eigenvalue weighted by molar-refractivity contribution is 0.0124. The lowest BCUT2D eigenvalue weighted by atomic mass is 9.73. The minimum Gasteiger partial charge on any atom is -0.381 e. The second-order valence-corrected chi connectivity index (χ2v) is 5.63. The number of rotatable bonds is 7. The Morgan fingerprint density at radius 2 is 1.94 bits per heavy atom. The van der Waals surface area contributed by atoms with Crippen molar-refractivity contribution in [3.05, 3.63) is 0 Å². The van der Waals surface area contributed by atoms with Gasteiger partial charge in [-0.1, -0.05) is 39.5 Å². The molecule has 1 heterocycles. The first-order valence-electron chi connectivity index (χ1n) is 6.90. The maximum absolute atomic E-state index is 6.22. The molecule has 96 valence electrons. The largest absolute Gasteiger partial charge is 0.381 e. The van der Waals surface area contributed by atoms with Crippen LogP contribution in [-0.4, -0.2) is 19.1 Å². The van der Waals surface area contributed by atoms with E-state index < -0.39 is 0 Å². The molecule has 0 aromatic heterocycles. The van der Waals surface area contributed by atoms with E-state index in [4.69, 9.17) is 16.3 Å². The van der Waals surface area contributed by atoms with E-state index >= 15 is 0 Å². The average Bonchev–Trinajstić information content (AvgIpc) is 2.35. The Balaban J connectivity index is 2.45. The van der Waals surface area contributed by atoms with Crippen LogP contribution in [0.1, 0.15) is 58.8 Å². The number of hydrogen-bond acceptors (Lipinski definition) is 1. The van der Waals surface area contributed by atoms with E-state index in [1.165, 1.54) is 44.9 Å². The molecule has 0 saturated carbocycles. The van der Waals surface area contributed by atoms with Crippen molar-refractivity contribution in [1.29, 1.82) is 0 Å². The van der Waals surface area contributed by atoms with Crippen LogP contribution in [0.2, 0.25) is 0 Å². The normalized spacial score (nSPS) is 21.9. The van der Waals surface area contributed by atoms with Gasteiger partial charge in [-0.05, 0) is 30.6 Å². The average molecular weight is 247 g/mol. The van der Waals surface area contributed by atoms with Crippen LogP contribution in [-0.2, 0) is 4.74 Å². The van der Waals surface area contributed by atoms with E-state index in [0.717, 1.165) is 25.0 Å². The van der Waals surface area contributed by atoms with Gasteiger partial charge in [0.2, 0.25) is 0 Å². The summed E-state index contributed by atoms with van der Waals surface area (Å²) in [6.45, 7) is 6.42. The van der Waals surface area contributed by atoms with Gasteiger partial charge >= 0.3 is 0 Å². The van der Waals surface area contributed by atoms with Crippen LogP contribution in [0.3, 0.4) is 0 Å². The van der Waals surface area contributed by atoms with Crippen LogP contribution in [0.5, 0.6) is 0 Å². The summed E-state index contributed by atoms with van der Waals surface area (Å²) in [6.07, 6.45) is 9.02. The Labute approximate surface area is 106 Å². The van der Waals surface area contributed by atoms with Crippen molar-refractivity contribution in [1.82, 2.24) is 0 Å². The van der Waals surface area contributed by atoms with Gasteiger partial charge in [0.1, 0.15) is 0 Å². The van der Waals surface area contributed by atoms with E-state index in [0.29, 0.717) is 5.41 Å². The highest BCUT2D eigenvalue weighted by Gasteiger charge is 2.33. The third-order valence-corrected chi connectivity index (χ3v) is 4.67. The van der Waals surface area contributed by atoms with E-state index in [1.807, 2.05) is 0 Å². The summed E-state index contributed by atoms with van der Waals surface area (Å²) in [5.74, 6) is 1.69. The van der Waals surface area contributed by atoms with E-state index in [2.05, 4.69) is 13.8 Å². The van der Waals surface area contributed by atoms with Crippen molar-refractivity contribution in [3.63, 3.8) is 0 Å². The van der Waals surface area contributed by atoms with Crippen LogP contribution in [0, 0.1) is 11.3 Å². The molecule has 0 N–H and O–H groups in total. The van der Waals surface area contributed by atoms with Gasteiger partial charge < -0.3 is 4.74 Å². The van der Waals surface area contributed by atoms with Crippen molar-refractivity contribution >= 4 is 11.6 Å². The highest BCUT2D eigenvalue weighted by molar-refractivity contribution is 6.18. The standard InChI is InChI=1S/C14H27ClO/c1-3-5-6-13(4-2)11-14(12-15)7-9-16-10-8-14/h13H,3-12H2,1-2H3. The molecule has 1 atom stereocenters. The molecule has 1 aliphatic rings. The van der Waals surface area contributed by atoms with Crippen LogP contribution in [0.15, 0.2) is 0 Å². The number of hydrogen-bond donors (Lipinski definition) is 0. The van der Waals surface area contributed by atoms with Crippen molar-refractivity contribution < 1.29 is 4.74 Å². The molecular weight excluding hydrogens is 220 g/mol. The Morgan fingerprint density at radius 1 is 1.25 bits per heavy atom. The predicted octanol–water partition coefficient (Wildman–Crippen LogP) is 4.63. The predicted molar refractivity (Wildman–Crippen MR) is 71.1 cm³/mol. The summed E-state index contributed by atoms with van der Waals surface area (Å²) in [5.41, 5.74) is 0.383. The molecule has 2 heteroatoms. The summed E-state index contributed by atoms with van der Waals surface area (Å²) in [5, 5.41) is 0. The lowest BCUT2D eigenvalue weighted by Crippen LogP contribution is -2.33. The van der Waals surface area contributed by atoms with Gasteiger partial charge in [-0.3, -0.25) is 0 Å². The van der Waals surface area contributed by atoms with Crippen LogP contribution < -0.4 is 0 Å². The van der Waals surface area contributed by atoms with Gasteiger partial charge in [0.15, 0.2) is 0 Å². The molecule has 1 saturated heterocycles. The van der Waals surface area contributed by atoms with Gasteiger partial charge in [-0.25, -0.2) is 0 Å². The third-order valence-electron chi connectivity index (χ3n) is 4.10. The minimum absolute atomic E-state index is 0.383. The lowest BCUT2D eigenvalue weighted by Gasteiger charge is -2.38. The number of halogens is 1. The highest BCUT2D eigenvalue weighted by atomic mass is 35.5. The SMILES string of the molecule is CCCCC(CC)CC1(CCl)CCOCC1. The maximum atomic E-state index is 6.22. The monoisotopic (exact) mass is 246 g/mol. The Hall–Kier alpha value is 0.250. The highest BCUT2D eigenvalue weighted by Crippen LogP contribution is 2.40. The Kier molecular flexibility index (Phi) is 6.75.